The van der Waals surface area contributed by atoms with Gasteiger partial charge in [-0.05, 0) is 104 Å². The summed E-state index contributed by atoms with van der Waals surface area (Å²) in [5.74, 6) is -1.42. The van der Waals surface area contributed by atoms with E-state index in [0.717, 1.165) is 24.0 Å². The molecule has 1 heterocycles. The number of carbonyl (C=O) groups is 3. The molecule has 10 nitrogen and oxygen atoms in total. The number of aliphatic carboxylic acids is 1. The Bertz CT molecular complexity index is 1310. The van der Waals surface area contributed by atoms with Gasteiger partial charge in [-0.2, -0.15) is 0 Å². The quantitative estimate of drug-likeness (QED) is 0.167. The summed E-state index contributed by atoms with van der Waals surface area (Å²) in [6, 6.07) is 14.1. The first-order valence-electron chi connectivity index (χ1n) is 15.4. The lowest BCUT2D eigenvalue weighted by Crippen LogP contribution is -2.55. The van der Waals surface area contributed by atoms with Crippen LogP contribution in [-0.2, 0) is 30.3 Å². The molecule has 0 spiro atoms. The van der Waals surface area contributed by atoms with Gasteiger partial charge in [0.15, 0.2) is 0 Å². The molecule has 0 radical (unpaired) electrons. The highest BCUT2D eigenvalue weighted by atomic mass is 16.7. The Balaban J connectivity index is 1.37. The van der Waals surface area contributed by atoms with Gasteiger partial charge in [-0.25, -0.2) is 0 Å². The average molecular weight is 608 g/mol. The van der Waals surface area contributed by atoms with Crippen molar-refractivity contribution in [3.8, 4) is 5.75 Å². The Morgan fingerprint density at radius 2 is 1.61 bits per heavy atom. The van der Waals surface area contributed by atoms with Gasteiger partial charge in [-0.15, -0.1) is 0 Å². The maximum Gasteiger partial charge on any atom is 0.498 e. The minimum absolute atomic E-state index is 0.286. The van der Waals surface area contributed by atoms with Gasteiger partial charge in [0, 0.05) is 11.2 Å². The largest absolute Gasteiger partial charge is 0.498 e. The van der Waals surface area contributed by atoms with Crippen molar-refractivity contribution in [3.05, 3.63) is 54.1 Å². The van der Waals surface area contributed by atoms with E-state index in [2.05, 4.69) is 15.5 Å². The third kappa shape index (κ3) is 7.62. The number of carboxylic acid groups (broad SMARTS) is 1. The lowest BCUT2D eigenvalue weighted by molar-refractivity contribution is -0.162. The molecule has 2 aliphatic rings. The first-order chi connectivity index (χ1) is 20.7. The summed E-state index contributed by atoms with van der Waals surface area (Å²) >= 11 is 0. The molecule has 2 fully saturated rings. The molecule has 0 aromatic heterocycles. The molecule has 1 aliphatic carbocycles. The second-order valence-corrected chi connectivity index (χ2v) is 13.2. The van der Waals surface area contributed by atoms with E-state index in [1.807, 2.05) is 78.2 Å². The van der Waals surface area contributed by atoms with Gasteiger partial charge in [0.1, 0.15) is 23.8 Å². The number of unbranched alkanes of at least 4 members (excludes halogenated alkanes) is 1. The first-order valence-corrected chi connectivity index (χ1v) is 15.4. The van der Waals surface area contributed by atoms with Crippen LogP contribution in [0.3, 0.4) is 0 Å². The number of para-hydroxylation sites is 1. The Kier molecular flexibility index (Phi) is 10.4. The number of rotatable bonds is 14. The highest BCUT2D eigenvalue weighted by Crippen LogP contribution is 2.41. The molecule has 1 aliphatic heterocycles. The predicted molar refractivity (Wildman–Crippen MR) is 170 cm³/mol. The van der Waals surface area contributed by atoms with Crippen molar-refractivity contribution < 1.29 is 33.5 Å². The summed E-state index contributed by atoms with van der Waals surface area (Å²) in [4.78, 5) is 40.2. The number of nitrogens with one attached hydrogen (secondary N) is 2. The molecule has 2 aromatic rings. The van der Waals surface area contributed by atoms with Crippen molar-refractivity contribution in [2.75, 3.05) is 26.0 Å². The van der Waals surface area contributed by atoms with E-state index < -0.39 is 41.7 Å². The van der Waals surface area contributed by atoms with Crippen molar-refractivity contribution in [1.29, 1.82) is 0 Å². The molecule has 1 saturated heterocycles. The van der Waals surface area contributed by atoms with E-state index in [4.69, 9.17) is 14.0 Å². The maximum absolute atomic E-state index is 13.3. The molecule has 0 unspecified atom stereocenters. The van der Waals surface area contributed by atoms with E-state index in [1.165, 1.54) is 0 Å². The van der Waals surface area contributed by atoms with Gasteiger partial charge >= 0.3 is 13.1 Å². The summed E-state index contributed by atoms with van der Waals surface area (Å²) in [5, 5.41) is 15.3. The van der Waals surface area contributed by atoms with Crippen LogP contribution in [0.15, 0.2) is 48.5 Å². The first kappa shape index (κ1) is 33.5. The SMILES string of the molecule is CN(C)CCCC[C@H](NC(=O)C1(C(=O)O)CCC1)C(=O)Nc1ccc(COc2ccccc2B2OC(C)(C)C(C)(C)O2)cc1. The van der Waals surface area contributed by atoms with Crippen LogP contribution in [0.2, 0.25) is 0 Å². The number of benzene rings is 2. The summed E-state index contributed by atoms with van der Waals surface area (Å²) in [6.07, 6.45) is 3.22. The number of anilines is 1. The molecular weight excluding hydrogens is 561 g/mol. The van der Waals surface area contributed by atoms with Gasteiger partial charge in [-0.3, -0.25) is 14.4 Å². The minimum Gasteiger partial charge on any atom is -0.489 e. The fraction of sp³-hybridized carbons (Fsp3) is 0.545. The Morgan fingerprint density at radius 1 is 0.977 bits per heavy atom. The zero-order valence-electron chi connectivity index (χ0n) is 26.8. The van der Waals surface area contributed by atoms with Crippen molar-refractivity contribution in [3.63, 3.8) is 0 Å². The third-order valence-electron chi connectivity index (χ3n) is 9.06. The second kappa shape index (κ2) is 13.7. The van der Waals surface area contributed by atoms with Crippen molar-refractivity contribution in [2.45, 2.75) is 90.1 Å². The molecule has 1 saturated carbocycles. The number of nitrogens with zero attached hydrogens (tertiary/aromatic N) is 1. The lowest BCUT2D eigenvalue weighted by atomic mass is 9.68. The van der Waals surface area contributed by atoms with E-state index in [9.17, 15) is 19.5 Å². The number of amides is 2. The topological polar surface area (TPSA) is 126 Å². The normalized spacial score (nSPS) is 18.8. The van der Waals surface area contributed by atoms with Crippen molar-refractivity contribution >= 4 is 36.1 Å². The van der Waals surface area contributed by atoms with Crippen molar-refractivity contribution in [1.82, 2.24) is 10.2 Å². The molecule has 3 N–H and O–H groups in total. The molecule has 1 atom stereocenters. The molecule has 2 aromatic carbocycles. The Labute approximate surface area is 261 Å². The summed E-state index contributed by atoms with van der Waals surface area (Å²) in [7, 11) is 3.42. The number of hydrogen-bond donors (Lipinski definition) is 3. The molecule has 44 heavy (non-hydrogen) atoms. The Hall–Kier alpha value is -3.41. The molecule has 11 heteroatoms. The second-order valence-electron chi connectivity index (χ2n) is 13.2. The smallest absolute Gasteiger partial charge is 0.489 e. The van der Waals surface area contributed by atoms with E-state index in [0.29, 0.717) is 37.3 Å². The highest BCUT2D eigenvalue weighted by Gasteiger charge is 2.53. The van der Waals surface area contributed by atoms with Crippen LogP contribution >= 0.6 is 0 Å². The molecule has 2 amide bonds. The van der Waals surface area contributed by atoms with E-state index in [-0.39, 0.29) is 18.7 Å². The lowest BCUT2D eigenvalue weighted by Gasteiger charge is -2.37. The van der Waals surface area contributed by atoms with Gasteiger partial charge in [0.05, 0.1) is 11.2 Å². The number of ether oxygens (including phenoxy) is 1. The summed E-state index contributed by atoms with van der Waals surface area (Å²) in [6.45, 7) is 9.20. The number of hydrogen-bond acceptors (Lipinski definition) is 7. The molecular formula is C33H46BN3O7. The van der Waals surface area contributed by atoms with Crippen LogP contribution in [0.4, 0.5) is 5.69 Å². The molecule has 238 valence electrons. The Morgan fingerprint density at radius 3 is 2.18 bits per heavy atom. The highest BCUT2D eigenvalue weighted by molar-refractivity contribution is 6.63. The molecule has 4 rings (SSSR count). The van der Waals surface area contributed by atoms with Crippen LogP contribution in [0.5, 0.6) is 5.75 Å². The third-order valence-corrected chi connectivity index (χ3v) is 9.06. The standard InChI is InChI=1S/C33H46BN3O7/c1-31(2)32(3,4)44-34(43-31)25-12-7-8-14-27(25)42-22-23-15-17-24(18-16-23)35-28(38)26(13-9-10-21-37(5)6)36-29(39)33(30(40)41)19-11-20-33/h7-8,12,14-18,26H,9-11,13,19-22H2,1-6H3,(H,35,38)(H,36,39)(H,40,41)/t26-/m0/s1. The predicted octanol–water partition coefficient (Wildman–Crippen LogP) is 3.97. The van der Waals surface area contributed by atoms with Gasteiger partial charge in [0.25, 0.3) is 0 Å². The van der Waals surface area contributed by atoms with Crippen LogP contribution in [0, 0.1) is 5.41 Å². The maximum atomic E-state index is 13.3. The van der Waals surface area contributed by atoms with E-state index in [1.54, 1.807) is 12.1 Å². The van der Waals surface area contributed by atoms with Crippen LogP contribution in [0.25, 0.3) is 0 Å². The zero-order valence-corrected chi connectivity index (χ0v) is 26.8. The fourth-order valence-electron chi connectivity index (χ4n) is 5.26. The number of carbonyl (C=O) groups excluding carboxylic acids is 2. The zero-order chi connectivity index (χ0) is 32.1. The van der Waals surface area contributed by atoms with Crippen LogP contribution in [0.1, 0.15) is 71.8 Å². The van der Waals surface area contributed by atoms with Crippen molar-refractivity contribution in [2.24, 2.45) is 5.41 Å². The van der Waals surface area contributed by atoms with Crippen LogP contribution < -0.4 is 20.8 Å². The fourth-order valence-corrected chi connectivity index (χ4v) is 5.26. The minimum atomic E-state index is -1.44. The summed E-state index contributed by atoms with van der Waals surface area (Å²) < 4.78 is 18.6. The average Bonchev–Trinajstić information content (AvgIpc) is 3.15. The van der Waals surface area contributed by atoms with Crippen LogP contribution in [-0.4, -0.2) is 72.8 Å². The number of carboxylic acids is 1. The summed E-state index contributed by atoms with van der Waals surface area (Å²) in [5.41, 5.74) is -0.0818. The van der Waals surface area contributed by atoms with E-state index >= 15 is 0 Å². The van der Waals surface area contributed by atoms with Gasteiger partial charge in [0.2, 0.25) is 11.8 Å². The molecule has 0 bridgehead atoms. The van der Waals surface area contributed by atoms with Gasteiger partial charge in [-0.1, -0.05) is 36.8 Å². The van der Waals surface area contributed by atoms with Gasteiger partial charge < -0.3 is 34.7 Å². The monoisotopic (exact) mass is 607 g/mol.